The molecule has 5 aliphatic rings. The molecule has 1 aromatic rings. The fourth-order valence-electron chi connectivity index (χ4n) is 5.29. The van der Waals surface area contributed by atoms with Crippen LogP contribution in [0.3, 0.4) is 0 Å². The smallest absolute Gasteiger partial charge is 0.103 e. The third-order valence-corrected chi connectivity index (χ3v) is 6.13. The molecule has 6 bridgehead atoms. The van der Waals surface area contributed by atoms with Gasteiger partial charge in [-0.05, 0) is 59.1 Å². The molecule has 0 unspecified atom stereocenters. The van der Waals surface area contributed by atoms with Crippen LogP contribution < -0.4 is 0 Å². The normalized spacial score (nSPS) is 36.2. The Kier molecular flexibility index (Phi) is 2.27. The molecule has 0 spiro atoms. The number of hydrogen-bond donors (Lipinski definition) is 0. The molecule has 0 saturated heterocycles. The van der Waals surface area contributed by atoms with E-state index < -0.39 is 0 Å². The summed E-state index contributed by atoms with van der Waals surface area (Å²) in [6, 6.07) is 0. The van der Waals surface area contributed by atoms with Crippen molar-refractivity contribution in [2.45, 2.75) is 62.9 Å². The van der Waals surface area contributed by atoms with Crippen LogP contribution in [0.2, 0.25) is 0 Å². The molecule has 112 valence electrons. The minimum absolute atomic E-state index is 0.210. The van der Waals surface area contributed by atoms with Gasteiger partial charge < -0.3 is 9.47 Å². The molecule has 2 nitrogen and oxygen atoms in total. The second-order valence-electron chi connectivity index (χ2n) is 7.25. The summed E-state index contributed by atoms with van der Waals surface area (Å²) in [5, 5.41) is 0. The fourth-order valence-corrected chi connectivity index (χ4v) is 5.29. The van der Waals surface area contributed by atoms with Crippen molar-refractivity contribution >= 4 is 0 Å². The Morgan fingerprint density at radius 2 is 0.909 bits per heavy atom. The number of rotatable bonds is 0. The van der Waals surface area contributed by atoms with Crippen LogP contribution in [0, 0.1) is 0 Å². The summed E-state index contributed by atoms with van der Waals surface area (Å²) in [4.78, 5) is 0. The monoisotopic (exact) mass is 292 g/mol. The number of fused-ring (bicyclic) bond motifs is 9. The predicted octanol–water partition coefficient (Wildman–Crippen LogP) is 4.71. The summed E-state index contributed by atoms with van der Waals surface area (Å²) >= 11 is 0. The lowest BCUT2D eigenvalue weighted by Crippen LogP contribution is -2.14. The van der Waals surface area contributed by atoms with Gasteiger partial charge in [0.15, 0.2) is 0 Å². The molecule has 0 radical (unpaired) electrons. The first kappa shape index (κ1) is 12.1. The van der Waals surface area contributed by atoms with E-state index in [-0.39, 0.29) is 24.4 Å². The lowest BCUT2D eigenvalue weighted by atomic mass is 9.75. The van der Waals surface area contributed by atoms with Crippen LogP contribution in [0.1, 0.15) is 83.5 Å². The molecule has 4 aliphatic heterocycles. The van der Waals surface area contributed by atoms with E-state index in [1.165, 1.54) is 60.8 Å². The van der Waals surface area contributed by atoms with E-state index in [1.54, 1.807) is 11.1 Å². The summed E-state index contributed by atoms with van der Waals surface area (Å²) in [6.45, 7) is 0. The summed E-state index contributed by atoms with van der Waals surface area (Å²) < 4.78 is 12.5. The molecule has 0 amide bonds. The van der Waals surface area contributed by atoms with E-state index >= 15 is 0 Å². The minimum atomic E-state index is 0.210. The van der Waals surface area contributed by atoms with Gasteiger partial charge in [-0.25, -0.2) is 0 Å². The summed E-state index contributed by atoms with van der Waals surface area (Å²) in [6.07, 6.45) is 17.6. The van der Waals surface area contributed by atoms with Gasteiger partial charge in [-0.3, -0.25) is 0 Å². The van der Waals surface area contributed by atoms with Crippen molar-refractivity contribution in [3.63, 3.8) is 0 Å². The Morgan fingerprint density at radius 3 is 1.27 bits per heavy atom. The van der Waals surface area contributed by atoms with Gasteiger partial charge in [0, 0.05) is 0 Å². The van der Waals surface area contributed by atoms with Gasteiger partial charge in [-0.1, -0.05) is 37.1 Å². The first-order chi connectivity index (χ1) is 10.9. The van der Waals surface area contributed by atoms with Crippen molar-refractivity contribution in [1.29, 1.82) is 0 Å². The lowest BCUT2D eigenvalue weighted by molar-refractivity contribution is 0.0829. The molecule has 1 aliphatic carbocycles. The molecule has 1 aromatic carbocycles. The van der Waals surface area contributed by atoms with Gasteiger partial charge in [-0.15, -0.1) is 0 Å². The van der Waals surface area contributed by atoms with Crippen LogP contribution in [0.15, 0.2) is 24.3 Å². The number of ether oxygens (including phenoxy) is 2. The van der Waals surface area contributed by atoms with Crippen LogP contribution in [0.5, 0.6) is 0 Å². The Balaban J connectivity index is 1.70. The second kappa shape index (κ2) is 4.12. The number of hydrogen-bond acceptors (Lipinski definition) is 2. The molecule has 4 heterocycles. The Labute approximate surface area is 130 Å². The Morgan fingerprint density at radius 1 is 0.545 bits per heavy atom. The number of benzene rings is 1. The maximum absolute atomic E-state index is 6.23. The van der Waals surface area contributed by atoms with Gasteiger partial charge in [0.25, 0.3) is 0 Å². The van der Waals surface area contributed by atoms with Crippen LogP contribution in [-0.4, -0.2) is 0 Å². The molecule has 6 rings (SSSR count). The van der Waals surface area contributed by atoms with Crippen molar-refractivity contribution in [2.75, 3.05) is 0 Å². The van der Waals surface area contributed by atoms with Crippen molar-refractivity contribution in [2.24, 2.45) is 0 Å². The van der Waals surface area contributed by atoms with Crippen LogP contribution in [0.4, 0.5) is 0 Å². The third kappa shape index (κ3) is 1.34. The zero-order chi connectivity index (χ0) is 14.3. The van der Waals surface area contributed by atoms with E-state index in [4.69, 9.17) is 9.47 Å². The first-order valence-corrected chi connectivity index (χ1v) is 8.80. The summed E-state index contributed by atoms with van der Waals surface area (Å²) in [5.74, 6) is 0. The largest absolute Gasteiger partial charge is 0.357 e. The molecule has 0 saturated carbocycles. The average Bonchev–Trinajstić information content (AvgIpc) is 3.31. The topological polar surface area (TPSA) is 18.5 Å². The highest BCUT2D eigenvalue weighted by Gasteiger charge is 2.45. The fraction of sp³-hybridized carbons (Fsp3) is 0.500. The van der Waals surface area contributed by atoms with E-state index in [2.05, 4.69) is 24.3 Å². The highest BCUT2D eigenvalue weighted by molar-refractivity contribution is 5.63. The zero-order valence-corrected chi connectivity index (χ0v) is 12.7. The molecular weight excluding hydrogens is 272 g/mol. The van der Waals surface area contributed by atoms with E-state index in [0.29, 0.717) is 0 Å². The van der Waals surface area contributed by atoms with E-state index in [0.717, 1.165) is 0 Å². The average molecular weight is 292 g/mol. The van der Waals surface area contributed by atoms with E-state index in [1.807, 2.05) is 0 Å². The van der Waals surface area contributed by atoms with Crippen LogP contribution >= 0.6 is 0 Å². The van der Waals surface area contributed by atoms with Gasteiger partial charge in [-0.2, -0.15) is 0 Å². The van der Waals surface area contributed by atoms with E-state index in [9.17, 15) is 0 Å². The second-order valence-corrected chi connectivity index (χ2v) is 7.25. The Hall–Kier alpha value is -1.38. The van der Waals surface area contributed by atoms with Crippen molar-refractivity contribution in [3.05, 3.63) is 57.7 Å². The maximum Gasteiger partial charge on any atom is 0.103 e. The predicted molar refractivity (Wildman–Crippen MR) is 83.7 cm³/mol. The maximum atomic E-state index is 6.23. The first-order valence-electron chi connectivity index (χ1n) is 8.80. The molecule has 0 N–H and O–H groups in total. The minimum Gasteiger partial charge on any atom is -0.357 e. The molecule has 2 heteroatoms. The standard InChI is InChI=1S/C20H20O2/c1-2-4-6-12-19-15-9-7-13(21-15)17(19)11(5-3-1)18-14-8-10-16(22-14)20(12)18/h7-10,13-16H,1-6H2/t13-,14-,15+,16+. The summed E-state index contributed by atoms with van der Waals surface area (Å²) in [5.41, 5.74) is 9.23. The van der Waals surface area contributed by atoms with Gasteiger partial charge >= 0.3 is 0 Å². The molecule has 0 aromatic heterocycles. The SMILES string of the molecule is C1=C[C@H]2O[C@@H]1c1c3c4c(c(c12)CCCCCC3)[C@H]1C=C[C@@H]4O1. The quantitative estimate of drug-likeness (QED) is 0.645. The highest BCUT2D eigenvalue weighted by Crippen LogP contribution is 2.57. The van der Waals surface area contributed by atoms with Gasteiger partial charge in [0.2, 0.25) is 0 Å². The third-order valence-electron chi connectivity index (χ3n) is 6.13. The molecular formula is C20H20O2. The van der Waals surface area contributed by atoms with Gasteiger partial charge in [0.05, 0.1) is 0 Å². The van der Waals surface area contributed by atoms with Gasteiger partial charge in [0.1, 0.15) is 24.4 Å². The van der Waals surface area contributed by atoms with Crippen LogP contribution in [-0.2, 0) is 22.3 Å². The summed E-state index contributed by atoms with van der Waals surface area (Å²) in [7, 11) is 0. The highest BCUT2D eigenvalue weighted by atomic mass is 16.5. The lowest BCUT2D eigenvalue weighted by Gasteiger charge is -2.26. The van der Waals surface area contributed by atoms with Crippen molar-refractivity contribution in [1.82, 2.24) is 0 Å². The van der Waals surface area contributed by atoms with Crippen molar-refractivity contribution in [3.8, 4) is 0 Å². The molecule has 0 fully saturated rings. The Bertz CT molecular complexity index is 631. The molecule has 22 heavy (non-hydrogen) atoms. The van der Waals surface area contributed by atoms with Crippen LogP contribution in [0.25, 0.3) is 0 Å². The van der Waals surface area contributed by atoms with Crippen molar-refractivity contribution < 1.29 is 9.47 Å². The molecule has 4 atom stereocenters. The zero-order valence-electron chi connectivity index (χ0n) is 12.7.